The summed E-state index contributed by atoms with van der Waals surface area (Å²) in [5.41, 5.74) is -1.93. The zero-order valence-electron chi connectivity index (χ0n) is 17.3. The highest BCUT2D eigenvalue weighted by atomic mass is 79.9. The Labute approximate surface area is 195 Å². The molecular weight excluding hydrogens is 513 g/mol. The van der Waals surface area contributed by atoms with Crippen molar-refractivity contribution in [3.05, 3.63) is 28.2 Å². The lowest BCUT2D eigenvalue weighted by molar-refractivity contribution is -0.205. The third-order valence-electron chi connectivity index (χ3n) is 6.42. The SMILES string of the molecule is CSC1=NC2(CC3(CC(C(F)(F)F)CC[C@@H]3C#SC)Oc3ccc(Br)cc32)C(=O)N1C. The highest BCUT2D eigenvalue weighted by Gasteiger charge is 2.63. The van der Waals surface area contributed by atoms with Crippen molar-refractivity contribution in [1.29, 1.82) is 0 Å². The number of ether oxygens (including phenoxy) is 1. The number of aliphatic imine (C=N–C) groups is 1. The topological polar surface area (TPSA) is 41.9 Å². The number of likely N-dealkylation sites (N-methyl/N-ethyl adjacent to an activating group) is 1. The van der Waals surface area contributed by atoms with Crippen LogP contribution in [0.5, 0.6) is 5.75 Å². The first kappa shape index (κ1) is 23.0. The summed E-state index contributed by atoms with van der Waals surface area (Å²) in [4.78, 5) is 19.9. The van der Waals surface area contributed by atoms with Gasteiger partial charge in [-0.15, -0.1) is 11.2 Å². The van der Waals surface area contributed by atoms with E-state index in [0.717, 1.165) is 4.47 Å². The van der Waals surface area contributed by atoms with Gasteiger partial charge < -0.3 is 4.74 Å². The predicted molar refractivity (Wildman–Crippen MR) is 122 cm³/mol. The van der Waals surface area contributed by atoms with E-state index in [1.807, 2.05) is 12.5 Å². The van der Waals surface area contributed by atoms with Crippen LogP contribution in [0.4, 0.5) is 13.2 Å². The van der Waals surface area contributed by atoms with Crippen LogP contribution in [-0.4, -0.2) is 47.3 Å². The maximum atomic E-state index is 13.8. The first-order valence-corrected chi connectivity index (χ1v) is 13.1. The summed E-state index contributed by atoms with van der Waals surface area (Å²) in [6, 6.07) is 5.28. The van der Waals surface area contributed by atoms with E-state index in [0.29, 0.717) is 22.9 Å². The normalized spacial score (nSPS) is 32.5. The molecule has 1 saturated carbocycles. The largest absolute Gasteiger partial charge is 0.485 e. The quantitative estimate of drug-likeness (QED) is 0.431. The van der Waals surface area contributed by atoms with Crippen LogP contribution in [0.15, 0.2) is 27.7 Å². The molecule has 10 heteroatoms. The molecule has 1 aliphatic carbocycles. The van der Waals surface area contributed by atoms with Gasteiger partial charge in [-0.3, -0.25) is 9.69 Å². The average Bonchev–Trinajstić information content (AvgIpc) is 2.95. The van der Waals surface area contributed by atoms with Crippen LogP contribution in [0.1, 0.15) is 31.2 Å². The fourth-order valence-corrected chi connectivity index (χ4v) is 6.59. The number of amidine groups is 1. The standard InChI is InChI=1S/C21H22BrF3N2O2S2/c1-27-17(28)20(26-18(27)31-3)11-19(29-16-7-6-14(22)8-15(16)20)9-12(21(23,24)25)4-5-13(19)10-30-2/h6-8,12-13H,4-5,9,11H2,1-3H3/t12?,13-,19?,20?/m1/s1. The Bertz CT molecular complexity index is 1020. The van der Waals surface area contributed by atoms with E-state index in [-0.39, 0.29) is 31.1 Å². The molecule has 4 atom stereocenters. The van der Waals surface area contributed by atoms with Gasteiger partial charge >= 0.3 is 6.18 Å². The Morgan fingerprint density at radius 1 is 1.32 bits per heavy atom. The molecule has 1 fully saturated rings. The van der Waals surface area contributed by atoms with Crippen LogP contribution in [0.2, 0.25) is 0 Å². The van der Waals surface area contributed by atoms with Gasteiger partial charge in [-0.2, -0.15) is 13.2 Å². The number of fused-ring (bicyclic) bond motifs is 2. The van der Waals surface area contributed by atoms with Crippen molar-refractivity contribution in [1.82, 2.24) is 4.90 Å². The molecule has 3 aliphatic rings. The lowest BCUT2D eigenvalue weighted by atomic mass is 9.63. The Morgan fingerprint density at radius 2 is 2.06 bits per heavy atom. The highest BCUT2D eigenvalue weighted by molar-refractivity contribution is 9.10. The third kappa shape index (κ3) is 3.69. The fraction of sp³-hybridized carbons (Fsp3) is 0.571. The average molecular weight is 535 g/mol. The zero-order valence-corrected chi connectivity index (χ0v) is 20.5. The molecule has 2 aliphatic heterocycles. The van der Waals surface area contributed by atoms with Crippen molar-refractivity contribution in [3.8, 4) is 10.9 Å². The van der Waals surface area contributed by atoms with Crippen molar-refractivity contribution >= 4 is 49.9 Å². The van der Waals surface area contributed by atoms with Gasteiger partial charge in [0.05, 0.1) is 11.8 Å². The molecular formula is C21H22BrF3N2O2S2. The molecule has 0 aromatic heterocycles. The van der Waals surface area contributed by atoms with Gasteiger partial charge in [0, 0.05) is 29.8 Å². The number of nitrogens with zero attached hydrogens (tertiary/aromatic N) is 2. The second-order valence-electron chi connectivity index (χ2n) is 8.20. The molecule has 0 N–H and O–H groups in total. The summed E-state index contributed by atoms with van der Waals surface area (Å²) >= 11 is 6.15. The molecule has 4 nitrogen and oxygen atoms in total. The van der Waals surface area contributed by atoms with Crippen LogP contribution in [0, 0.1) is 17.0 Å². The van der Waals surface area contributed by atoms with E-state index in [4.69, 9.17) is 9.73 Å². The van der Waals surface area contributed by atoms with E-state index in [9.17, 15) is 18.0 Å². The first-order chi connectivity index (χ1) is 14.6. The molecule has 0 radical (unpaired) electrons. The number of carbonyl (C=O) groups is 1. The second kappa shape index (κ2) is 7.97. The van der Waals surface area contributed by atoms with Gasteiger partial charge in [-0.1, -0.05) is 32.9 Å². The zero-order chi connectivity index (χ0) is 22.6. The minimum atomic E-state index is -4.32. The molecule has 3 unspecified atom stereocenters. The van der Waals surface area contributed by atoms with E-state index in [2.05, 4.69) is 21.1 Å². The molecule has 168 valence electrons. The minimum absolute atomic E-state index is 0.0280. The van der Waals surface area contributed by atoms with Crippen LogP contribution >= 0.6 is 38.9 Å². The number of alkyl halides is 3. The maximum Gasteiger partial charge on any atom is 0.391 e. The number of thioether (sulfide) groups is 1. The van der Waals surface area contributed by atoms with Gasteiger partial charge in [-0.05, 0) is 43.7 Å². The Balaban J connectivity index is 1.92. The number of hydrogen-bond donors (Lipinski definition) is 0. The van der Waals surface area contributed by atoms with Crippen molar-refractivity contribution in [2.24, 2.45) is 16.8 Å². The van der Waals surface area contributed by atoms with Gasteiger partial charge in [-0.25, -0.2) is 4.99 Å². The molecule has 1 aromatic carbocycles. The van der Waals surface area contributed by atoms with Crippen LogP contribution < -0.4 is 4.74 Å². The summed E-state index contributed by atoms with van der Waals surface area (Å²) in [6.45, 7) is 0. The van der Waals surface area contributed by atoms with Gasteiger partial charge in [0.2, 0.25) is 0 Å². The molecule has 2 spiro atoms. The number of carbonyl (C=O) groups excluding carboxylic acids is 1. The molecule has 0 bridgehead atoms. The minimum Gasteiger partial charge on any atom is -0.485 e. The third-order valence-corrected chi connectivity index (χ3v) is 8.17. The summed E-state index contributed by atoms with van der Waals surface area (Å²) in [7, 11) is 1.66. The number of rotatable bonds is 0. The van der Waals surface area contributed by atoms with E-state index < -0.39 is 23.2 Å². The fourth-order valence-electron chi connectivity index (χ4n) is 5.01. The second-order valence-corrected chi connectivity index (χ2v) is 10.5. The molecule has 1 aromatic rings. The predicted octanol–water partition coefficient (Wildman–Crippen LogP) is 5.66. The van der Waals surface area contributed by atoms with Crippen LogP contribution in [-0.2, 0) is 10.3 Å². The number of hydrogen-bond acceptors (Lipinski definition) is 4. The maximum absolute atomic E-state index is 13.8. The Morgan fingerprint density at radius 3 is 2.68 bits per heavy atom. The van der Waals surface area contributed by atoms with E-state index in [1.165, 1.54) is 27.8 Å². The molecule has 0 saturated heterocycles. The lowest BCUT2D eigenvalue weighted by Crippen LogP contribution is -2.58. The molecule has 4 rings (SSSR count). The summed E-state index contributed by atoms with van der Waals surface area (Å²) in [6.07, 6.45) is -0.481. The number of benzene rings is 1. The number of halogens is 4. The van der Waals surface area contributed by atoms with Crippen molar-refractivity contribution < 1.29 is 22.7 Å². The summed E-state index contributed by atoms with van der Waals surface area (Å²) in [5, 5.41) is 3.80. The molecule has 31 heavy (non-hydrogen) atoms. The summed E-state index contributed by atoms with van der Waals surface area (Å²) in [5.74, 6) is -1.66. The Kier molecular flexibility index (Phi) is 5.90. The van der Waals surface area contributed by atoms with Gasteiger partial charge in [0.25, 0.3) is 5.91 Å². The van der Waals surface area contributed by atoms with Crippen molar-refractivity contribution in [2.45, 2.75) is 43.0 Å². The number of amides is 1. The monoisotopic (exact) mass is 534 g/mol. The Hall–Kier alpha value is -1.22. The van der Waals surface area contributed by atoms with Gasteiger partial charge in [0.1, 0.15) is 11.4 Å². The van der Waals surface area contributed by atoms with Crippen LogP contribution in [0.25, 0.3) is 0 Å². The van der Waals surface area contributed by atoms with Crippen molar-refractivity contribution in [3.63, 3.8) is 0 Å². The van der Waals surface area contributed by atoms with Gasteiger partial charge in [0.15, 0.2) is 10.7 Å². The molecule has 2 heterocycles. The smallest absolute Gasteiger partial charge is 0.391 e. The first-order valence-electron chi connectivity index (χ1n) is 9.82. The van der Waals surface area contributed by atoms with Crippen LogP contribution in [0.3, 0.4) is 0 Å². The van der Waals surface area contributed by atoms with Crippen molar-refractivity contribution in [2.75, 3.05) is 19.6 Å². The van der Waals surface area contributed by atoms with E-state index in [1.54, 1.807) is 25.2 Å². The molecule has 1 amide bonds. The van der Waals surface area contributed by atoms with E-state index >= 15 is 0 Å². The summed E-state index contributed by atoms with van der Waals surface area (Å²) < 4.78 is 48.5. The highest BCUT2D eigenvalue weighted by Crippen LogP contribution is 2.57. The lowest BCUT2D eigenvalue weighted by Gasteiger charge is -2.51.